The molecular formula is C12H22BrNO2. The molecule has 0 bridgehead atoms. The first-order chi connectivity index (χ1) is 7.47. The van der Waals surface area contributed by atoms with Crippen LogP contribution in [-0.4, -0.2) is 28.0 Å². The van der Waals surface area contributed by atoms with Crippen LogP contribution in [0.5, 0.6) is 0 Å². The summed E-state index contributed by atoms with van der Waals surface area (Å²) in [7, 11) is 0. The molecule has 0 aromatic rings. The molecule has 0 heterocycles. The van der Waals surface area contributed by atoms with Crippen LogP contribution in [0.1, 0.15) is 46.0 Å². The number of halogens is 1. The predicted octanol–water partition coefficient (Wildman–Crippen LogP) is 2.22. The van der Waals surface area contributed by atoms with E-state index in [0.717, 1.165) is 31.6 Å². The Morgan fingerprint density at radius 1 is 1.56 bits per heavy atom. The Morgan fingerprint density at radius 3 is 2.56 bits per heavy atom. The lowest BCUT2D eigenvalue weighted by Gasteiger charge is -2.36. The normalized spacial score (nSPS) is 32.1. The average Bonchev–Trinajstić information content (AvgIpc) is 2.27. The van der Waals surface area contributed by atoms with Gasteiger partial charge in [-0.25, -0.2) is 0 Å². The van der Waals surface area contributed by atoms with Crippen LogP contribution in [0.4, 0.5) is 0 Å². The number of rotatable bonds is 4. The molecule has 1 aliphatic rings. The van der Waals surface area contributed by atoms with E-state index >= 15 is 0 Å². The van der Waals surface area contributed by atoms with Crippen molar-refractivity contribution in [3.8, 4) is 0 Å². The molecule has 1 atom stereocenters. The molecule has 0 saturated heterocycles. The van der Waals surface area contributed by atoms with Crippen LogP contribution in [-0.2, 0) is 4.79 Å². The highest BCUT2D eigenvalue weighted by Crippen LogP contribution is 2.33. The fraction of sp³-hybridized carbons (Fsp3) is 0.917. The number of carbonyl (C=O) groups excluding carboxylic acids is 1. The van der Waals surface area contributed by atoms with Crippen molar-refractivity contribution >= 4 is 21.8 Å². The summed E-state index contributed by atoms with van der Waals surface area (Å²) in [4.78, 5) is 11.2. The van der Waals surface area contributed by atoms with Gasteiger partial charge in [0.05, 0.1) is 10.4 Å². The molecule has 1 amide bonds. The summed E-state index contributed by atoms with van der Waals surface area (Å²) in [5.74, 6) is 0.706. The molecule has 1 rings (SSSR count). The van der Waals surface area contributed by atoms with Crippen molar-refractivity contribution in [1.82, 2.24) is 5.32 Å². The van der Waals surface area contributed by atoms with Crippen LogP contribution in [0.2, 0.25) is 0 Å². The second kappa shape index (κ2) is 6.01. The van der Waals surface area contributed by atoms with E-state index in [4.69, 9.17) is 0 Å². The standard InChI is InChI=1S/C12H22BrNO2/c1-3-10-4-6-12(16,7-5-10)8-14-11(15)9(2)13/h9-10,16H,3-8H2,1-2H3,(H,14,15). The quantitative estimate of drug-likeness (QED) is 0.781. The fourth-order valence-electron chi connectivity index (χ4n) is 2.19. The Bertz CT molecular complexity index is 235. The molecule has 2 N–H and O–H groups in total. The third-order valence-corrected chi connectivity index (χ3v) is 3.98. The number of hydrogen-bond acceptors (Lipinski definition) is 2. The molecular weight excluding hydrogens is 270 g/mol. The zero-order valence-corrected chi connectivity index (χ0v) is 11.7. The molecule has 1 saturated carbocycles. The third kappa shape index (κ3) is 4.06. The second-order valence-corrected chi connectivity index (χ2v) is 6.28. The fourth-order valence-corrected chi connectivity index (χ4v) is 2.35. The summed E-state index contributed by atoms with van der Waals surface area (Å²) in [5, 5.41) is 13.1. The SMILES string of the molecule is CCC1CCC(O)(CNC(=O)C(C)Br)CC1. The molecule has 0 aromatic heterocycles. The van der Waals surface area contributed by atoms with Crippen molar-refractivity contribution < 1.29 is 9.90 Å². The van der Waals surface area contributed by atoms with E-state index in [2.05, 4.69) is 28.2 Å². The van der Waals surface area contributed by atoms with Crippen molar-refractivity contribution in [2.45, 2.75) is 56.4 Å². The van der Waals surface area contributed by atoms with E-state index in [-0.39, 0.29) is 10.7 Å². The molecule has 1 aliphatic carbocycles. The van der Waals surface area contributed by atoms with Crippen molar-refractivity contribution in [1.29, 1.82) is 0 Å². The van der Waals surface area contributed by atoms with Gasteiger partial charge in [0, 0.05) is 6.54 Å². The minimum Gasteiger partial charge on any atom is -0.388 e. The Morgan fingerprint density at radius 2 is 2.12 bits per heavy atom. The van der Waals surface area contributed by atoms with Gasteiger partial charge >= 0.3 is 0 Å². The zero-order valence-electron chi connectivity index (χ0n) is 10.1. The summed E-state index contributed by atoms with van der Waals surface area (Å²) in [6.07, 6.45) is 4.96. The predicted molar refractivity (Wildman–Crippen MR) is 68.6 cm³/mol. The number of alkyl halides is 1. The van der Waals surface area contributed by atoms with Crippen LogP contribution in [0.3, 0.4) is 0 Å². The zero-order chi connectivity index (χ0) is 12.2. The lowest BCUT2D eigenvalue weighted by atomic mass is 9.78. The molecule has 1 fully saturated rings. The maximum absolute atomic E-state index is 11.4. The van der Waals surface area contributed by atoms with E-state index in [1.165, 1.54) is 6.42 Å². The number of aliphatic hydroxyl groups is 1. The van der Waals surface area contributed by atoms with Gasteiger partial charge in [-0.1, -0.05) is 29.3 Å². The summed E-state index contributed by atoms with van der Waals surface area (Å²) in [5.41, 5.74) is -0.677. The second-order valence-electron chi connectivity index (χ2n) is 4.91. The van der Waals surface area contributed by atoms with E-state index in [0.29, 0.717) is 6.54 Å². The summed E-state index contributed by atoms with van der Waals surface area (Å²) < 4.78 is 0. The number of nitrogens with one attached hydrogen (secondary N) is 1. The molecule has 16 heavy (non-hydrogen) atoms. The number of carbonyl (C=O) groups is 1. The van der Waals surface area contributed by atoms with Crippen LogP contribution in [0.15, 0.2) is 0 Å². The van der Waals surface area contributed by atoms with E-state index in [1.807, 2.05) is 0 Å². The minimum atomic E-state index is -0.677. The molecule has 0 radical (unpaired) electrons. The smallest absolute Gasteiger partial charge is 0.233 e. The van der Waals surface area contributed by atoms with Gasteiger partial charge in [0.2, 0.25) is 5.91 Å². The highest BCUT2D eigenvalue weighted by atomic mass is 79.9. The highest BCUT2D eigenvalue weighted by molar-refractivity contribution is 9.10. The van der Waals surface area contributed by atoms with Gasteiger partial charge < -0.3 is 10.4 Å². The Kier molecular flexibility index (Phi) is 5.25. The van der Waals surface area contributed by atoms with Crippen molar-refractivity contribution in [2.75, 3.05) is 6.54 Å². The summed E-state index contributed by atoms with van der Waals surface area (Å²) in [6, 6.07) is 0. The van der Waals surface area contributed by atoms with E-state index in [1.54, 1.807) is 6.92 Å². The van der Waals surface area contributed by atoms with Crippen molar-refractivity contribution in [3.05, 3.63) is 0 Å². The van der Waals surface area contributed by atoms with Gasteiger partial charge in [-0.05, 0) is 38.5 Å². The van der Waals surface area contributed by atoms with Gasteiger partial charge in [-0.3, -0.25) is 4.79 Å². The first-order valence-electron chi connectivity index (χ1n) is 6.11. The van der Waals surface area contributed by atoms with E-state index in [9.17, 15) is 9.90 Å². The number of hydrogen-bond donors (Lipinski definition) is 2. The van der Waals surface area contributed by atoms with Gasteiger partial charge in [-0.15, -0.1) is 0 Å². The van der Waals surface area contributed by atoms with Gasteiger partial charge in [0.15, 0.2) is 0 Å². The molecule has 0 aromatic carbocycles. The maximum Gasteiger partial charge on any atom is 0.233 e. The van der Waals surface area contributed by atoms with E-state index < -0.39 is 5.60 Å². The first kappa shape index (κ1) is 14.0. The molecule has 94 valence electrons. The molecule has 0 aliphatic heterocycles. The van der Waals surface area contributed by atoms with Crippen LogP contribution in [0, 0.1) is 5.92 Å². The lowest BCUT2D eigenvalue weighted by Crippen LogP contribution is -2.46. The van der Waals surface area contributed by atoms with Gasteiger partial charge in [0.25, 0.3) is 0 Å². The first-order valence-corrected chi connectivity index (χ1v) is 7.02. The third-order valence-electron chi connectivity index (χ3n) is 3.57. The molecule has 0 spiro atoms. The Balaban J connectivity index is 2.34. The largest absolute Gasteiger partial charge is 0.388 e. The molecule has 1 unspecified atom stereocenters. The summed E-state index contributed by atoms with van der Waals surface area (Å²) >= 11 is 3.21. The van der Waals surface area contributed by atoms with Gasteiger partial charge in [-0.2, -0.15) is 0 Å². The Hall–Kier alpha value is -0.0900. The topological polar surface area (TPSA) is 49.3 Å². The number of amides is 1. The van der Waals surface area contributed by atoms with Crippen LogP contribution in [0.25, 0.3) is 0 Å². The minimum absolute atomic E-state index is 0.0500. The van der Waals surface area contributed by atoms with Gasteiger partial charge in [0.1, 0.15) is 0 Å². The summed E-state index contributed by atoms with van der Waals surface area (Å²) in [6.45, 7) is 4.37. The van der Waals surface area contributed by atoms with Crippen LogP contribution >= 0.6 is 15.9 Å². The highest BCUT2D eigenvalue weighted by Gasteiger charge is 2.32. The Labute approximate surface area is 106 Å². The maximum atomic E-state index is 11.4. The lowest BCUT2D eigenvalue weighted by molar-refractivity contribution is -0.122. The average molecular weight is 292 g/mol. The monoisotopic (exact) mass is 291 g/mol. The molecule has 4 heteroatoms. The van der Waals surface area contributed by atoms with Crippen molar-refractivity contribution in [3.63, 3.8) is 0 Å². The van der Waals surface area contributed by atoms with Crippen LogP contribution < -0.4 is 5.32 Å². The molecule has 3 nitrogen and oxygen atoms in total. The van der Waals surface area contributed by atoms with Crippen molar-refractivity contribution in [2.24, 2.45) is 5.92 Å².